The maximum atomic E-state index is 6.51. The van der Waals surface area contributed by atoms with E-state index in [0.717, 1.165) is 6.42 Å². The van der Waals surface area contributed by atoms with Crippen LogP contribution in [0.4, 0.5) is 0 Å². The molecule has 0 amide bonds. The van der Waals surface area contributed by atoms with Crippen LogP contribution in [-0.2, 0) is 4.74 Å². The third-order valence-corrected chi connectivity index (χ3v) is 6.00. The molecule has 2 unspecified atom stereocenters. The molecule has 0 radical (unpaired) electrons. The Hall–Kier alpha value is -0.380. The average Bonchev–Trinajstić information content (AvgIpc) is 2.89. The quantitative estimate of drug-likeness (QED) is 0.848. The summed E-state index contributed by atoms with van der Waals surface area (Å²) in [6.07, 6.45) is 10.5. The summed E-state index contributed by atoms with van der Waals surface area (Å²) in [7, 11) is 0. The zero-order valence-corrected chi connectivity index (χ0v) is 14.3. The maximum absolute atomic E-state index is 6.51. The highest BCUT2D eigenvalue weighted by Gasteiger charge is 2.41. The van der Waals surface area contributed by atoms with Gasteiger partial charge in [0.25, 0.3) is 0 Å². The fourth-order valence-electron chi connectivity index (χ4n) is 4.10. The van der Waals surface area contributed by atoms with Gasteiger partial charge in [0, 0.05) is 4.47 Å². The molecule has 2 nitrogen and oxygen atoms in total. The van der Waals surface area contributed by atoms with Crippen LogP contribution in [0.25, 0.3) is 0 Å². The molecule has 3 heteroatoms. The SMILES string of the molecule is NCC(CC1CCC2(CCCCC2)O1)c1ccccc1Br. The molecule has 2 aliphatic rings. The van der Waals surface area contributed by atoms with Crippen molar-refractivity contribution in [2.24, 2.45) is 5.73 Å². The molecule has 116 valence electrons. The third-order valence-electron chi connectivity index (χ3n) is 5.28. The van der Waals surface area contributed by atoms with E-state index in [4.69, 9.17) is 10.5 Å². The Balaban J connectivity index is 1.64. The van der Waals surface area contributed by atoms with Crippen molar-refractivity contribution in [3.63, 3.8) is 0 Å². The summed E-state index contributed by atoms with van der Waals surface area (Å²) in [5.74, 6) is 0.393. The summed E-state index contributed by atoms with van der Waals surface area (Å²) in [5.41, 5.74) is 7.59. The topological polar surface area (TPSA) is 35.2 Å². The lowest BCUT2D eigenvalue weighted by Gasteiger charge is -2.34. The zero-order valence-electron chi connectivity index (χ0n) is 12.7. The van der Waals surface area contributed by atoms with Gasteiger partial charge in [0.2, 0.25) is 0 Å². The van der Waals surface area contributed by atoms with Gasteiger partial charge in [-0.15, -0.1) is 0 Å². The van der Waals surface area contributed by atoms with Crippen LogP contribution >= 0.6 is 15.9 Å². The van der Waals surface area contributed by atoms with Gasteiger partial charge in [0.1, 0.15) is 0 Å². The molecule has 2 fully saturated rings. The van der Waals surface area contributed by atoms with E-state index in [-0.39, 0.29) is 5.60 Å². The summed E-state index contributed by atoms with van der Waals surface area (Å²) in [4.78, 5) is 0. The van der Waals surface area contributed by atoms with Gasteiger partial charge in [-0.25, -0.2) is 0 Å². The number of benzene rings is 1. The highest BCUT2D eigenvalue weighted by atomic mass is 79.9. The average molecular weight is 352 g/mol. The molecule has 1 heterocycles. The summed E-state index contributed by atoms with van der Waals surface area (Å²) < 4.78 is 7.68. The van der Waals surface area contributed by atoms with E-state index in [1.54, 1.807) is 0 Å². The minimum Gasteiger partial charge on any atom is -0.372 e. The van der Waals surface area contributed by atoms with Crippen molar-refractivity contribution in [3.8, 4) is 0 Å². The summed E-state index contributed by atoms with van der Waals surface area (Å²) in [6.45, 7) is 0.690. The predicted octanol–water partition coefficient (Wildman–Crippen LogP) is 4.76. The van der Waals surface area contributed by atoms with E-state index in [9.17, 15) is 0 Å². The van der Waals surface area contributed by atoms with Crippen molar-refractivity contribution in [1.29, 1.82) is 0 Å². The standard InChI is InChI=1S/C18H26BrNO/c19-17-7-3-2-6-16(17)14(13-20)12-15-8-11-18(21-15)9-4-1-5-10-18/h2-3,6-7,14-15H,1,4-5,8-13,20H2. The molecular formula is C18H26BrNO. The Morgan fingerprint density at radius 1 is 1.19 bits per heavy atom. The smallest absolute Gasteiger partial charge is 0.0687 e. The van der Waals surface area contributed by atoms with Crippen molar-refractivity contribution >= 4 is 15.9 Å². The molecule has 2 atom stereocenters. The minimum atomic E-state index is 0.218. The van der Waals surface area contributed by atoms with Crippen LogP contribution in [0.15, 0.2) is 28.7 Å². The molecular weight excluding hydrogens is 326 g/mol. The second kappa shape index (κ2) is 6.80. The van der Waals surface area contributed by atoms with Crippen LogP contribution in [0.2, 0.25) is 0 Å². The lowest BCUT2D eigenvalue weighted by atomic mass is 9.83. The number of nitrogens with two attached hydrogens (primary N) is 1. The fourth-order valence-corrected chi connectivity index (χ4v) is 4.71. The molecule has 1 aliphatic heterocycles. The Kier molecular flexibility index (Phi) is 5.03. The van der Waals surface area contributed by atoms with E-state index in [1.807, 2.05) is 0 Å². The third kappa shape index (κ3) is 3.52. The van der Waals surface area contributed by atoms with Crippen LogP contribution in [0.1, 0.15) is 62.8 Å². The van der Waals surface area contributed by atoms with Crippen LogP contribution < -0.4 is 5.73 Å². The van der Waals surface area contributed by atoms with Crippen molar-refractivity contribution in [2.75, 3.05) is 6.54 Å². The number of halogens is 1. The van der Waals surface area contributed by atoms with Crippen LogP contribution in [-0.4, -0.2) is 18.2 Å². The number of hydrogen-bond acceptors (Lipinski definition) is 2. The Morgan fingerprint density at radius 2 is 1.95 bits per heavy atom. The molecule has 0 bridgehead atoms. The van der Waals surface area contributed by atoms with E-state index < -0.39 is 0 Å². The molecule has 1 aromatic rings. The van der Waals surface area contributed by atoms with Gasteiger partial charge in [-0.3, -0.25) is 0 Å². The summed E-state index contributed by atoms with van der Waals surface area (Å²) in [5, 5.41) is 0. The van der Waals surface area contributed by atoms with E-state index in [2.05, 4.69) is 40.2 Å². The molecule has 1 aromatic carbocycles. The first-order valence-corrected chi connectivity index (χ1v) is 9.14. The van der Waals surface area contributed by atoms with Crippen LogP contribution in [0.3, 0.4) is 0 Å². The molecule has 1 saturated carbocycles. The molecule has 21 heavy (non-hydrogen) atoms. The highest BCUT2D eigenvalue weighted by molar-refractivity contribution is 9.10. The maximum Gasteiger partial charge on any atom is 0.0687 e. The lowest BCUT2D eigenvalue weighted by Crippen LogP contribution is -2.32. The van der Waals surface area contributed by atoms with E-state index >= 15 is 0 Å². The number of ether oxygens (including phenoxy) is 1. The molecule has 3 rings (SSSR count). The van der Waals surface area contributed by atoms with Gasteiger partial charge in [-0.2, -0.15) is 0 Å². The van der Waals surface area contributed by atoms with Crippen molar-refractivity contribution in [3.05, 3.63) is 34.3 Å². The first-order chi connectivity index (χ1) is 10.2. The van der Waals surface area contributed by atoms with Gasteiger partial charge in [-0.1, -0.05) is 53.4 Å². The molecule has 0 aromatic heterocycles. The predicted molar refractivity (Wildman–Crippen MR) is 90.5 cm³/mol. The first-order valence-electron chi connectivity index (χ1n) is 8.35. The van der Waals surface area contributed by atoms with Gasteiger partial charge >= 0.3 is 0 Å². The van der Waals surface area contributed by atoms with Crippen LogP contribution in [0, 0.1) is 0 Å². The second-order valence-corrected chi connectivity index (χ2v) is 7.57. The summed E-state index contributed by atoms with van der Waals surface area (Å²) >= 11 is 3.66. The van der Waals surface area contributed by atoms with Gasteiger partial charge in [0.15, 0.2) is 0 Å². The normalized spacial score (nSPS) is 26.1. The van der Waals surface area contributed by atoms with Gasteiger partial charge < -0.3 is 10.5 Å². The lowest BCUT2D eigenvalue weighted by molar-refractivity contribution is -0.0671. The zero-order chi connectivity index (χ0) is 14.7. The first kappa shape index (κ1) is 15.5. The van der Waals surface area contributed by atoms with Crippen molar-refractivity contribution in [2.45, 2.75) is 69.0 Å². The molecule has 2 N–H and O–H groups in total. The van der Waals surface area contributed by atoms with Gasteiger partial charge in [-0.05, 0) is 56.2 Å². The van der Waals surface area contributed by atoms with Crippen molar-refractivity contribution in [1.82, 2.24) is 0 Å². The Bertz CT molecular complexity index is 470. The van der Waals surface area contributed by atoms with Gasteiger partial charge in [0.05, 0.1) is 11.7 Å². The van der Waals surface area contributed by atoms with Crippen molar-refractivity contribution < 1.29 is 4.74 Å². The fraction of sp³-hybridized carbons (Fsp3) is 0.667. The van der Waals surface area contributed by atoms with Crippen LogP contribution in [0.5, 0.6) is 0 Å². The molecule has 1 spiro atoms. The Morgan fingerprint density at radius 3 is 2.67 bits per heavy atom. The van der Waals surface area contributed by atoms with E-state index in [0.29, 0.717) is 18.6 Å². The highest BCUT2D eigenvalue weighted by Crippen LogP contribution is 2.44. The summed E-state index contributed by atoms with van der Waals surface area (Å²) in [6, 6.07) is 8.45. The second-order valence-electron chi connectivity index (χ2n) is 6.71. The number of hydrogen-bond donors (Lipinski definition) is 1. The van der Waals surface area contributed by atoms with E-state index in [1.165, 1.54) is 55.0 Å². The minimum absolute atomic E-state index is 0.218. The molecule has 1 saturated heterocycles. The Labute approximate surface area is 136 Å². The molecule has 1 aliphatic carbocycles. The number of rotatable bonds is 4. The largest absolute Gasteiger partial charge is 0.372 e. The monoisotopic (exact) mass is 351 g/mol.